The van der Waals surface area contributed by atoms with E-state index in [1.165, 1.54) is 45.3 Å². The molecule has 4 heteroatoms. The van der Waals surface area contributed by atoms with E-state index in [1.54, 1.807) is 0 Å². The van der Waals surface area contributed by atoms with Crippen molar-refractivity contribution in [1.29, 1.82) is 0 Å². The van der Waals surface area contributed by atoms with Gasteiger partial charge in [-0.15, -0.1) is 0 Å². The maximum atomic E-state index is 4.38. The number of aliphatic imine (C=N–C) groups is 1. The van der Waals surface area contributed by atoms with Gasteiger partial charge in [0.05, 0.1) is 0 Å². The van der Waals surface area contributed by atoms with E-state index in [0.717, 1.165) is 25.0 Å². The van der Waals surface area contributed by atoms with Crippen LogP contribution < -0.4 is 5.32 Å². The first-order valence-corrected chi connectivity index (χ1v) is 7.85. The molecule has 0 spiro atoms. The van der Waals surface area contributed by atoms with Gasteiger partial charge in [-0.05, 0) is 38.3 Å². The summed E-state index contributed by atoms with van der Waals surface area (Å²) in [5, 5.41) is 3.53. The van der Waals surface area contributed by atoms with Crippen molar-refractivity contribution in [3.8, 4) is 0 Å². The second kappa shape index (κ2) is 9.18. The lowest BCUT2D eigenvalue weighted by Gasteiger charge is -2.23. The van der Waals surface area contributed by atoms with E-state index in [2.05, 4.69) is 41.0 Å². The van der Waals surface area contributed by atoms with Crippen LogP contribution in [0.3, 0.4) is 0 Å². The molecule has 0 aliphatic carbocycles. The Morgan fingerprint density at radius 3 is 2.79 bits per heavy atom. The van der Waals surface area contributed by atoms with Crippen molar-refractivity contribution in [3.05, 3.63) is 0 Å². The Labute approximate surface area is 119 Å². The molecule has 1 aliphatic heterocycles. The zero-order chi connectivity index (χ0) is 14.1. The number of likely N-dealkylation sites (tertiary alicyclic amines) is 1. The van der Waals surface area contributed by atoms with Crippen molar-refractivity contribution < 1.29 is 0 Å². The van der Waals surface area contributed by atoms with Gasteiger partial charge in [-0.2, -0.15) is 0 Å². The average molecular weight is 268 g/mol. The van der Waals surface area contributed by atoms with Crippen LogP contribution in [-0.2, 0) is 0 Å². The summed E-state index contributed by atoms with van der Waals surface area (Å²) in [7, 11) is 4.01. The van der Waals surface area contributed by atoms with E-state index in [4.69, 9.17) is 0 Å². The van der Waals surface area contributed by atoms with Crippen LogP contribution in [0, 0.1) is 5.92 Å². The van der Waals surface area contributed by atoms with Crippen molar-refractivity contribution in [1.82, 2.24) is 15.1 Å². The number of rotatable bonds is 7. The summed E-state index contributed by atoms with van der Waals surface area (Å²) in [6.07, 6.45) is 5.05. The second-order valence-corrected chi connectivity index (χ2v) is 5.66. The van der Waals surface area contributed by atoms with Crippen molar-refractivity contribution >= 4 is 5.96 Å². The molecule has 1 N–H and O–H groups in total. The maximum absolute atomic E-state index is 4.38. The predicted molar refractivity (Wildman–Crippen MR) is 83.7 cm³/mol. The Bertz CT molecular complexity index is 265. The molecule has 112 valence electrons. The van der Waals surface area contributed by atoms with Crippen LogP contribution in [0.5, 0.6) is 0 Å². The Kier molecular flexibility index (Phi) is 7.87. The van der Waals surface area contributed by atoms with Gasteiger partial charge < -0.3 is 15.1 Å². The highest BCUT2D eigenvalue weighted by Gasteiger charge is 2.21. The molecule has 0 bridgehead atoms. The number of nitrogens with one attached hydrogen (secondary N) is 1. The number of unbranched alkanes of at least 4 members (excludes halogenated alkanes) is 1. The van der Waals surface area contributed by atoms with Crippen molar-refractivity contribution in [2.75, 3.05) is 46.8 Å². The van der Waals surface area contributed by atoms with Crippen LogP contribution in [-0.4, -0.2) is 62.6 Å². The third kappa shape index (κ3) is 5.81. The molecule has 1 unspecified atom stereocenters. The molecular formula is C15H32N4. The van der Waals surface area contributed by atoms with Gasteiger partial charge >= 0.3 is 0 Å². The van der Waals surface area contributed by atoms with Crippen molar-refractivity contribution in [2.24, 2.45) is 10.9 Å². The molecule has 4 nitrogen and oxygen atoms in total. The van der Waals surface area contributed by atoms with Crippen molar-refractivity contribution in [2.45, 2.75) is 39.5 Å². The molecule has 0 aromatic heterocycles. The highest BCUT2D eigenvalue weighted by Crippen LogP contribution is 2.15. The monoisotopic (exact) mass is 268 g/mol. The zero-order valence-electron chi connectivity index (χ0n) is 13.3. The fraction of sp³-hybridized carbons (Fsp3) is 0.933. The molecule has 1 heterocycles. The minimum atomic E-state index is 0.780. The largest absolute Gasteiger partial charge is 0.356 e. The topological polar surface area (TPSA) is 30.9 Å². The summed E-state index contributed by atoms with van der Waals surface area (Å²) < 4.78 is 0. The Hall–Kier alpha value is -0.770. The summed E-state index contributed by atoms with van der Waals surface area (Å²) in [4.78, 5) is 9.19. The van der Waals surface area contributed by atoms with E-state index in [-0.39, 0.29) is 0 Å². The van der Waals surface area contributed by atoms with Gasteiger partial charge in [-0.25, -0.2) is 0 Å². The molecular weight excluding hydrogens is 236 g/mol. The van der Waals surface area contributed by atoms with E-state index in [1.807, 2.05) is 7.05 Å². The average Bonchev–Trinajstić information content (AvgIpc) is 2.85. The first kappa shape index (κ1) is 16.3. The third-order valence-corrected chi connectivity index (χ3v) is 3.88. The number of hydrogen-bond acceptors (Lipinski definition) is 2. The van der Waals surface area contributed by atoms with E-state index >= 15 is 0 Å². The molecule has 1 saturated heterocycles. The van der Waals surface area contributed by atoms with Gasteiger partial charge in [0.1, 0.15) is 0 Å². The maximum Gasteiger partial charge on any atom is 0.193 e. The molecule has 1 aliphatic rings. The molecule has 1 atom stereocenters. The van der Waals surface area contributed by atoms with Crippen LogP contribution in [0.1, 0.15) is 39.5 Å². The highest BCUT2D eigenvalue weighted by atomic mass is 15.3. The Balaban J connectivity index is 2.26. The van der Waals surface area contributed by atoms with Gasteiger partial charge in [0.25, 0.3) is 0 Å². The standard InChI is InChI=1S/C15H32N4/c1-5-7-10-18(4)15(16-3)17-12-14-8-11-19(13-14)9-6-2/h14H,5-13H2,1-4H3,(H,16,17). The van der Waals surface area contributed by atoms with Gasteiger partial charge in [0.2, 0.25) is 0 Å². The molecule has 0 saturated carbocycles. The van der Waals surface area contributed by atoms with E-state index < -0.39 is 0 Å². The Morgan fingerprint density at radius 1 is 1.37 bits per heavy atom. The highest BCUT2D eigenvalue weighted by molar-refractivity contribution is 5.79. The summed E-state index contributed by atoms with van der Waals surface area (Å²) in [6, 6.07) is 0. The fourth-order valence-electron chi connectivity index (χ4n) is 2.72. The SMILES string of the molecule is CCCCN(C)C(=NC)NCC1CCN(CCC)C1. The van der Waals surface area contributed by atoms with Crippen LogP contribution >= 0.6 is 0 Å². The molecule has 0 radical (unpaired) electrons. The summed E-state index contributed by atoms with van der Waals surface area (Å²) in [6.45, 7) is 10.4. The molecule has 1 rings (SSSR count). The lowest BCUT2D eigenvalue weighted by atomic mass is 10.1. The summed E-state index contributed by atoms with van der Waals surface area (Å²) >= 11 is 0. The van der Waals surface area contributed by atoms with Crippen LogP contribution in [0.25, 0.3) is 0 Å². The van der Waals surface area contributed by atoms with Crippen LogP contribution in [0.4, 0.5) is 0 Å². The second-order valence-electron chi connectivity index (χ2n) is 5.66. The first-order chi connectivity index (χ1) is 9.21. The Morgan fingerprint density at radius 2 is 2.16 bits per heavy atom. The molecule has 0 aromatic rings. The normalized spacial score (nSPS) is 20.8. The predicted octanol–water partition coefficient (Wildman–Crippen LogP) is 2.03. The lowest BCUT2D eigenvalue weighted by Crippen LogP contribution is -2.41. The number of guanidine groups is 1. The minimum Gasteiger partial charge on any atom is -0.356 e. The molecule has 1 fully saturated rings. The first-order valence-electron chi connectivity index (χ1n) is 7.85. The smallest absolute Gasteiger partial charge is 0.193 e. The lowest BCUT2D eigenvalue weighted by molar-refractivity contribution is 0.324. The van der Waals surface area contributed by atoms with Gasteiger partial charge in [-0.3, -0.25) is 4.99 Å². The molecule has 0 amide bonds. The van der Waals surface area contributed by atoms with Gasteiger partial charge in [-0.1, -0.05) is 20.3 Å². The van der Waals surface area contributed by atoms with E-state index in [0.29, 0.717) is 0 Å². The summed E-state index contributed by atoms with van der Waals surface area (Å²) in [5.41, 5.74) is 0. The number of hydrogen-bond donors (Lipinski definition) is 1. The molecule has 0 aromatic carbocycles. The third-order valence-electron chi connectivity index (χ3n) is 3.88. The van der Waals surface area contributed by atoms with Crippen LogP contribution in [0.15, 0.2) is 4.99 Å². The fourth-order valence-corrected chi connectivity index (χ4v) is 2.72. The molecule has 19 heavy (non-hydrogen) atoms. The van der Waals surface area contributed by atoms with Crippen LogP contribution in [0.2, 0.25) is 0 Å². The summed E-state index contributed by atoms with van der Waals surface area (Å²) in [5.74, 6) is 1.82. The minimum absolute atomic E-state index is 0.780. The van der Waals surface area contributed by atoms with E-state index in [9.17, 15) is 0 Å². The quantitative estimate of drug-likeness (QED) is 0.566. The van der Waals surface area contributed by atoms with Crippen molar-refractivity contribution in [3.63, 3.8) is 0 Å². The zero-order valence-corrected chi connectivity index (χ0v) is 13.3. The van der Waals surface area contributed by atoms with Gasteiger partial charge in [0, 0.05) is 33.7 Å². The number of nitrogens with zero attached hydrogens (tertiary/aromatic N) is 3. The van der Waals surface area contributed by atoms with Gasteiger partial charge in [0.15, 0.2) is 5.96 Å².